The van der Waals surface area contributed by atoms with E-state index < -0.39 is 0 Å². The summed E-state index contributed by atoms with van der Waals surface area (Å²) in [5.41, 5.74) is 8.84. The number of amides is 1. The third-order valence-corrected chi connectivity index (χ3v) is 5.53. The molecule has 1 fully saturated rings. The Morgan fingerprint density at radius 3 is 2.77 bits per heavy atom. The lowest BCUT2D eigenvalue weighted by atomic mass is 9.97. The van der Waals surface area contributed by atoms with Gasteiger partial charge in [-0.3, -0.25) is 9.69 Å². The van der Waals surface area contributed by atoms with E-state index in [1.807, 2.05) is 36.5 Å². The summed E-state index contributed by atoms with van der Waals surface area (Å²) in [7, 11) is 1.63. The van der Waals surface area contributed by atoms with Gasteiger partial charge in [-0.15, -0.1) is 0 Å². The number of rotatable bonds is 6. The molecule has 0 radical (unpaired) electrons. The predicted molar refractivity (Wildman–Crippen MR) is 113 cm³/mol. The molecule has 0 unspecified atom stereocenters. The number of likely N-dealkylation sites (tertiary alicyclic amines) is 1. The van der Waals surface area contributed by atoms with E-state index in [-0.39, 0.29) is 17.6 Å². The molecular weight excluding hydrogens is 383 g/mol. The van der Waals surface area contributed by atoms with E-state index in [9.17, 15) is 9.18 Å². The van der Waals surface area contributed by atoms with Crippen LogP contribution in [0.25, 0.3) is 16.9 Å². The Hall–Kier alpha value is -3.19. The average molecular weight is 408 g/mol. The molecule has 2 N–H and O–H groups in total. The Kier molecular flexibility index (Phi) is 5.81. The van der Waals surface area contributed by atoms with Gasteiger partial charge in [-0.1, -0.05) is 12.1 Å². The Labute approximate surface area is 175 Å². The highest BCUT2D eigenvalue weighted by molar-refractivity contribution is 5.77. The zero-order valence-corrected chi connectivity index (χ0v) is 16.9. The Morgan fingerprint density at radius 1 is 1.27 bits per heavy atom. The average Bonchev–Trinajstić information content (AvgIpc) is 3.17. The molecule has 3 aromatic rings. The van der Waals surface area contributed by atoms with Gasteiger partial charge in [0.2, 0.25) is 5.91 Å². The first-order chi connectivity index (χ1) is 14.5. The molecule has 7 heteroatoms. The summed E-state index contributed by atoms with van der Waals surface area (Å²) in [5.74, 6) is 0.0819. The Morgan fingerprint density at radius 2 is 2.07 bits per heavy atom. The maximum Gasteiger partial charge on any atom is 0.221 e. The van der Waals surface area contributed by atoms with Crippen LogP contribution in [0.15, 0.2) is 54.7 Å². The van der Waals surface area contributed by atoms with Gasteiger partial charge in [-0.25, -0.2) is 9.07 Å². The Balaban J connectivity index is 1.68. The number of nitrogens with zero attached hydrogens (tertiary/aromatic N) is 3. The number of halogens is 1. The first-order valence-corrected chi connectivity index (χ1v) is 10.0. The molecule has 0 saturated carbocycles. The largest absolute Gasteiger partial charge is 0.497 e. The van der Waals surface area contributed by atoms with Crippen molar-refractivity contribution in [2.75, 3.05) is 20.2 Å². The fourth-order valence-electron chi connectivity index (χ4n) is 3.94. The second-order valence-electron chi connectivity index (χ2n) is 7.63. The number of nitrogens with two attached hydrogens (primary N) is 1. The van der Waals surface area contributed by atoms with Crippen molar-refractivity contribution in [3.63, 3.8) is 0 Å². The fraction of sp³-hybridized carbons (Fsp3) is 0.304. The second kappa shape index (κ2) is 8.67. The smallest absolute Gasteiger partial charge is 0.221 e. The van der Waals surface area contributed by atoms with Crippen LogP contribution in [-0.4, -0.2) is 40.8 Å². The van der Waals surface area contributed by atoms with Gasteiger partial charge in [0, 0.05) is 30.4 Å². The highest BCUT2D eigenvalue weighted by Gasteiger charge is 2.25. The third-order valence-electron chi connectivity index (χ3n) is 5.53. The molecule has 156 valence electrons. The lowest BCUT2D eigenvalue weighted by Crippen LogP contribution is -2.40. The number of methoxy groups -OCH3 is 1. The molecular formula is C23H25FN4O2. The zero-order valence-electron chi connectivity index (χ0n) is 16.9. The van der Waals surface area contributed by atoms with Crippen molar-refractivity contribution in [2.24, 2.45) is 11.7 Å². The van der Waals surface area contributed by atoms with Crippen LogP contribution < -0.4 is 10.5 Å². The van der Waals surface area contributed by atoms with E-state index in [1.165, 1.54) is 12.1 Å². The molecule has 4 rings (SSSR count). The normalized spacial score (nSPS) is 17.1. The van der Waals surface area contributed by atoms with Crippen LogP contribution in [0.4, 0.5) is 4.39 Å². The van der Waals surface area contributed by atoms with Gasteiger partial charge in [0.05, 0.1) is 24.4 Å². The van der Waals surface area contributed by atoms with Crippen molar-refractivity contribution in [1.29, 1.82) is 0 Å². The van der Waals surface area contributed by atoms with Crippen molar-refractivity contribution < 1.29 is 13.9 Å². The van der Waals surface area contributed by atoms with Crippen molar-refractivity contribution in [1.82, 2.24) is 14.7 Å². The van der Waals surface area contributed by atoms with E-state index >= 15 is 0 Å². The molecule has 1 saturated heterocycles. The van der Waals surface area contributed by atoms with Crippen molar-refractivity contribution >= 4 is 5.91 Å². The fourth-order valence-corrected chi connectivity index (χ4v) is 3.94. The molecule has 0 bridgehead atoms. The molecule has 1 aromatic heterocycles. The predicted octanol–water partition coefficient (Wildman–Crippen LogP) is 3.38. The van der Waals surface area contributed by atoms with Crippen LogP contribution >= 0.6 is 0 Å². The first-order valence-electron chi connectivity index (χ1n) is 10.0. The van der Waals surface area contributed by atoms with Gasteiger partial charge >= 0.3 is 0 Å². The van der Waals surface area contributed by atoms with E-state index in [1.54, 1.807) is 17.9 Å². The number of piperidine rings is 1. The monoisotopic (exact) mass is 408 g/mol. The molecule has 0 aliphatic carbocycles. The number of primary amides is 1. The summed E-state index contributed by atoms with van der Waals surface area (Å²) < 4.78 is 20.9. The second-order valence-corrected chi connectivity index (χ2v) is 7.63. The highest BCUT2D eigenvalue weighted by atomic mass is 19.1. The maximum atomic E-state index is 13.9. The number of carbonyl (C=O) groups excluding carboxylic acids is 1. The van der Waals surface area contributed by atoms with Gasteiger partial charge in [0.1, 0.15) is 11.6 Å². The number of hydrogen-bond donors (Lipinski definition) is 1. The number of ether oxygens (including phenoxy) is 1. The van der Waals surface area contributed by atoms with Gasteiger partial charge in [0.25, 0.3) is 0 Å². The van der Waals surface area contributed by atoms with Gasteiger partial charge < -0.3 is 10.5 Å². The minimum atomic E-state index is -0.302. The molecule has 30 heavy (non-hydrogen) atoms. The van der Waals surface area contributed by atoms with Crippen molar-refractivity contribution in [3.05, 3.63) is 66.1 Å². The summed E-state index contributed by atoms with van der Waals surface area (Å²) in [5, 5.41) is 4.76. The van der Waals surface area contributed by atoms with Crippen LogP contribution in [0.3, 0.4) is 0 Å². The first kappa shape index (κ1) is 20.1. The quantitative estimate of drug-likeness (QED) is 0.679. The number of carbonyl (C=O) groups is 1. The molecule has 6 nitrogen and oxygen atoms in total. The summed E-state index contributed by atoms with van der Waals surface area (Å²) in [6.07, 6.45) is 3.72. The van der Waals surface area contributed by atoms with Crippen LogP contribution in [0.2, 0.25) is 0 Å². The van der Waals surface area contributed by atoms with E-state index in [2.05, 4.69) is 4.90 Å². The SMILES string of the molecule is COc1ccc(-n2cc(CN3CCC[C@@H](C(N)=O)C3)c(-c3cccc(F)c3)n2)cc1. The standard InChI is InChI=1S/C23H25FN4O2/c1-30-21-9-7-20(8-10-21)28-15-18(14-27-11-3-5-17(13-27)23(25)29)22(26-28)16-4-2-6-19(24)12-16/h2,4,6-10,12,15,17H,3,5,11,13-14H2,1H3,(H2,25,29)/t17-/m1/s1. The van der Waals surface area contributed by atoms with Crippen LogP contribution in [0, 0.1) is 11.7 Å². The molecule has 0 spiro atoms. The van der Waals surface area contributed by atoms with Crippen LogP contribution in [0.1, 0.15) is 18.4 Å². The summed E-state index contributed by atoms with van der Waals surface area (Å²) in [4.78, 5) is 13.9. The topological polar surface area (TPSA) is 73.4 Å². The third kappa shape index (κ3) is 4.36. The number of hydrogen-bond acceptors (Lipinski definition) is 4. The number of benzene rings is 2. The van der Waals surface area contributed by atoms with Gasteiger partial charge in [-0.2, -0.15) is 5.10 Å². The van der Waals surface area contributed by atoms with Crippen LogP contribution in [0.5, 0.6) is 5.75 Å². The van der Waals surface area contributed by atoms with Gasteiger partial charge in [-0.05, 0) is 55.8 Å². The highest BCUT2D eigenvalue weighted by Crippen LogP contribution is 2.27. The minimum Gasteiger partial charge on any atom is -0.497 e. The lowest BCUT2D eigenvalue weighted by Gasteiger charge is -2.30. The zero-order chi connectivity index (χ0) is 21.1. The molecule has 2 aromatic carbocycles. The maximum absolute atomic E-state index is 13.9. The number of aromatic nitrogens is 2. The van der Waals surface area contributed by atoms with E-state index in [0.29, 0.717) is 13.1 Å². The molecule has 1 amide bonds. The summed E-state index contributed by atoms with van der Waals surface area (Å²) in [6, 6.07) is 14.1. The lowest BCUT2D eigenvalue weighted by molar-refractivity contribution is -0.123. The van der Waals surface area contributed by atoms with Gasteiger partial charge in [0.15, 0.2) is 0 Å². The molecule has 1 atom stereocenters. The summed E-state index contributed by atoms with van der Waals surface area (Å²) >= 11 is 0. The van der Waals surface area contributed by atoms with Crippen molar-refractivity contribution in [2.45, 2.75) is 19.4 Å². The van der Waals surface area contributed by atoms with Crippen LogP contribution in [-0.2, 0) is 11.3 Å². The van der Waals surface area contributed by atoms with Crippen molar-refractivity contribution in [3.8, 4) is 22.7 Å². The molecule has 2 heterocycles. The van der Waals surface area contributed by atoms with E-state index in [0.717, 1.165) is 47.6 Å². The molecule has 1 aliphatic heterocycles. The Bertz CT molecular complexity index is 1030. The van der Waals surface area contributed by atoms with E-state index in [4.69, 9.17) is 15.6 Å². The minimum absolute atomic E-state index is 0.131. The molecule has 1 aliphatic rings. The summed E-state index contributed by atoms with van der Waals surface area (Å²) in [6.45, 7) is 2.14.